The van der Waals surface area contributed by atoms with Crippen LogP contribution in [0.1, 0.15) is 42.9 Å². The van der Waals surface area contributed by atoms with Gasteiger partial charge >= 0.3 is 0 Å². The van der Waals surface area contributed by atoms with Gasteiger partial charge in [-0.3, -0.25) is 0 Å². The first-order chi connectivity index (χ1) is 12.2. The van der Waals surface area contributed by atoms with Gasteiger partial charge in [-0.25, -0.2) is 0 Å². The van der Waals surface area contributed by atoms with E-state index in [9.17, 15) is 0 Å². The van der Waals surface area contributed by atoms with Crippen LogP contribution < -0.4 is 0 Å². The zero-order valence-electron chi connectivity index (χ0n) is 15.2. The zero-order chi connectivity index (χ0) is 17.2. The first-order valence-electron chi connectivity index (χ1n) is 9.46. The number of hydrogen-bond donors (Lipinski definition) is 0. The Labute approximate surface area is 151 Å². The van der Waals surface area contributed by atoms with Gasteiger partial charge in [0, 0.05) is 5.92 Å². The highest BCUT2D eigenvalue weighted by Gasteiger charge is 2.30. The number of hydrogen-bond acceptors (Lipinski definition) is 0. The van der Waals surface area contributed by atoms with Crippen LogP contribution in [0.2, 0.25) is 0 Å². The average molecular weight is 326 g/mol. The molecule has 0 spiro atoms. The van der Waals surface area contributed by atoms with E-state index in [2.05, 4.69) is 92.7 Å². The average Bonchev–Trinajstić information content (AvgIpc) is 2.96. The van der Waals surface area contributed by atoms with Crippen molar-refractivity contribution in [1.82, 2.24) is 0 Å². The van der Waals surface area contributed by atoms with E-state index in [1.807, 2.05) is 0 Å². The van der Waals surface area contributed by atoms with Gasteiger partial charge in [0.2, 0.25) is 0 Å². The second kappa shape index (κ2) is 6.88. The minimum absolute atomic E-state index is 0.531. The van der Waals surface area contributed by atoms with E-state index in [-0.39, 0.29) is 0 Å². The van der Waals surface area contributed by atoms with Crippen LogP contribution in [0.15, 0.2) is 78.9 Å². The largest absolute Gasteiger partial charge is 0.0625 e. The van der Waals surface area contributed by atoms with E-state index in [1.165, 1.54) is 40.7 Å². The summed E-state index contributed by atoms with van der Waals surface area (Å²) < 4.78 is 0. The summed E-state index contributed by atoms with van der Waals surface area (Å²) in [5, 5.41) is 0. The van der Waals surface area contributed by atoms with Gasteiger partial charge < -0.3 is 0 Å². The highest BCUT2D eigenvalue weighted by Crippen LogP contribution is 2.48. The third-order valence-corrected chi connectivity index (χ3v) is 5.78. The molecule has 0 aliphatic heterocycles. The molecule has 126 valence electrons. The molecule has 1 aliphatic carbocycles. The Balaban J connectivity index is 1.66. The Bertz CT molecular complexity index is 799. The van der Waals surface area contributed by atoms with Crippen LogP contribution in [0.25, 0.3) is 11.1 Å². The van der Waals surface area contributed by atoms with Gasteiger partial charge in [0.15, 0.2) is 0 Å². The molecular formula is C25H26. The van der Waals surface area contributed by atoms with Crippen LogP contribution in [0.3, 0.4) is 0 Å². The molecule has 1 atom stereocenters. The Hall–Kier alpha value is -2.34. The molecule has 0 amide bonds. The molecule has 0 heteroatoms. The molecular weight excluding hydrogens is 300 g/mol. The Kier molecular flexibility index (Phi) is 4.44. The standard InChI is InChI=1S/C25H26/c1-18(2)20(16-19-10-4-3-5-11-19)17-25-23-14-8-6-12-21(23)22-13-7-9-15-24(22)25/h3-15,18,20,25H,16-17H2,1-2H3. The molecule has 4 rings (SSSR count). The summed E-state index contributed by atoms with van der Waals surface area (Å²) in [5.74, 6) is 1.90. The van der Waals surface area contributed by atoms with Crippen LogP contribution in [-0.4, -0.2) is 0 Å². The van der Waals surface area contributed by atoms with Gasteiger partial charge in [-0.15, -0.1) is 0 Å². The van der Waals surface area contributed by atoms with Gasteiger partial charge in [-0.2, -0.15) is 0 Å². The summed E-state index contributed by atoms with van der Waals surface area (Å²) in [4.78, 5) is 0. The lowest BCUT2D eigenvalue weighted by atomic mass is 9.79. The van der Waals surface area contributed by atoms with E-state index >= 15 is 0 Å². The van der Waals surface area contributed by atoms with Crippen molar-refractivity contribution < 1.29 is 0 Å². The van der Waals surface area contributed by atoms with Crippen LogP contribution in [0.5, 0.6) is 0 Å². The fourth-order valence-corrected chi connectivity index (χ4v) is 4.32. The lowest BCUT2D eigenvalue weighted by Gasteiger charge is -2.25. The molecule has 3 aromatic carbocycles. The second-order valence-corrected chi connectivity index (χ2v) is 7.66. The molecule has 25 heavy (non-hydrogen) atoms. The van der Waals surface area contributed by atoms with Crippen molar-refractivity contribution in [2.24, 2.45) is 11.8 Å². The van der Waals surface area contributed by atoms with Crippen molar-refractivity contribution in [3.8, 4) is 11.1 Å². The maximum Gasteiger partial charge on any atom is 0.0104 e. The number of benzene rings is 3. The first kappa shape index (κ1) is 16.1. The summed E-state index contributed by atoms with van der Waals surface area (Å²) in [6.07, 6.45) is 2.39. The molecule has 1 aliphatic rings. The fourth-order valence-electron chi connectivity index (χ4n) is 4.32. The highest BCUT2D eigenvalue weighted by atomic mass is 14.3. The van der Waals surface area contributed by atoms with Gasteiger partial charge in [0.25, 0.3) is 0 Å². The van der Waals surface area contributed by atoms with Crippen molar-refractivity contribution in [3.63, 3.8) is 0 Å². The monoisotopic (exact) mass is 326 g/mol. The predicted molar refractivity (Wildman–Crippen MR) is 107 cm³/mol. The van der Waals surface area contributed by atoms with Crippen molar-refractivity contribution in [2.75, 3.05) is 0 Å². The van der Waals surface area contributed by atoms with Gasteiger partial charge in [-0.1, -0.05) is 92.7 Å². The molecule has 0 heterocycles. The van der Waals surface area contributed by atoms with Gasteiger partial charge in [0.05, 0.1) is 0 Å². The summed E-state index contributed by atoms with van der Waals surface area (Å²) >= 11 is 0. The third-order valence-electron chi connectivity index (χ3n) is 5.78. The van der Waals surface area contributed by atoms with E-state index in [1.54, 1.807) is 0 Å². The van der Waals surface area contributed by atoms with Crippen molar-refractivity contribution in [2.45, 2.75) is 32.6 Å². The van der Waals surface area contributed by atoms with Gasteiger partial charge in [-0.05, 0) is 52.5 Å². The Morgan fingerprint density at radius 2 is 1.20 bits per heavy atom. The van der Waals surface area contributed by atoms with Crippen molar-refractivity contribution in [1.29, 1.82) is 0 Å². The van der Waals surface area contributed by atoms with Gasteiger partial charge in [0.1, 0.15) is 0 Å². The smallest absolute Gasteiger partial charge is 0.0104 e. The Morgan fingerprint density at radius 3 is 1.76 bits per heavy atom. The summed E-state index contributed by atoms with van der Waals surface area (Å²) in [6, 6.07) is 28.9. The number of rotatable bonds is 5. The fraction of sp³-hybridized carbons (Fsp3) is 0.280. The quantitative estimate of drug-likeness (QED) is 0.489. The first-order valence-corrected chi connectivity index (χ1v) is 9.46. The molecule has 3 aromatic rings. The van der Waals surface area contributed by atoms with E-state index in [0.717, 1.165) is 0 Å². The molecule has 0 saturated heterocycles. The van der Waals surface area contributed by atoms with E-state index in [4.69, 9.17) is 0 Å². The summed E-state index contributed by atoms with van der Waals surface area (Å²) in [5.41, 5.74) is 7.36. The lowest BCUT2D eigenvalue weighted by molar-refractivity contribution is 0.344. The van der Waals surface area contributed by atoms with E-state index in [0.29, 0.717) is 17.8 Å². The molecule has 0 aromatic heterocycles. The molecule has 0 nitrogen and oxygen atoms in total. The summed E-state index contributed by atoms with van der Waals surface area (Å²) in [6.45, 7) is 4.75. The predicted octanol–water partition coefficient (Wildman–Crippen LogP) is 6.70. The zero-order valence-corrected chi connectivity index (χ0v) is 15.2. The van der Waals surface area contributed by atoms with E-state index < -0.39 is 0 Å². The molecule has 0 fully saturated rings. The minimum atomic E-state index is 0.531. The van der Waals surface area contributed by atoms with Crippen LogP contribution in [0.4, 0.5) is 0 Å². The van der Waals surface area contributed by atoms with Crippen LogP contribution in [-0.2, 0) is 6.42 Å². The minimum Gasteiger partial charge on any atom is -0.0625 e. The number of fused-ring (bicyclic) bond motifs is 3. The molecule has 1 unspecified atom stereocenters. The third kappa shape index (κ3) is 3.14. The highest BCUT2D eigenvalue weighted by molar-refractivity contribution is 5.78. The Morgan fingerprint density at radius 1 is 0.680 bits per heavy atom. The normalized spacial score (nSPS) is 14.4. The lowest BCUT2D eigenvalue weighted by Crippen LogP contribution is -2.16. The topological polar surface area (TPSA) is 0 Å². The second-order valence-electron chi connectivity index (χ2n) is 7.66. The molecule has 0 bridgehead atoms. The maximum atomic E-state index is 2.38. The van der Waals surface area contributed by atoms with Crippen LogP contribution >= 0.6 is 0 Å². The van der Waals surface area contributed by atoms with Crippen molar-refractivity contribution in [3.05, 3.63) is 95.6 Å². The maximum absolute atomic E-state index is 2.38. The molecule has 0 N–H and O–H groups in total. The SMILES string of the molecule is CC(C)C(Cc1ccccc1)CC1c2ccccc2-c2ccccc21. The van der Waals surface area contributed by atoms with Crippen LogP contribution in [0, 0.1) is 11.8 Å². The summed E-state index contributed by atoms with van der Waals surface area (Å²) in [7, 11) is 0. The molecule has 0 saturated carbocycles. The molecule has 0 radical (unpaired) electrons. The van der Waals surface area contributed by atoms with Crippen molar-refractivity contribution >= 4 is 0 Å².